The van der Waals surface area contributed by atoms with E-state index in [2.05, 4.69) is 55.7 Å². The van der Waals surface area contributed by atoms with E-state index >= 15 is 0 Å². The molecule has 118 valence electrons. The minimum absolute atomic E-state index is 0.128. The smallest absolute Gasteiger partial charge is 0.118 e. The Labute approximate surface area is 133 Å². The number of benzene rings is 2. The van der Waals surface area contributed by atoms with Crippen molar-refractivity contribution in [2.75, 3.05) is 7.11 Å². The summed E-state index contributed by atoms with van der Waals surface area (Å²) in [6.45, 7) is 4.19. The fourth-order valence-electron chi connectivity index (χ4n) is 2.19. The Kier molecular flexibility index (Phi) is 6.44. The zero-order valence-electron chi connectivity index (χ0n) is 13.6. The molecule has 0 aliphatic carbocycles. The SMILES string of the molecule is CCC(C)ONC(Cc1ccc(OC)cc1)c1ccccc1. The van der Waals surface area contributed by atoms with Gasteiger partial charge in [-0.2, -0.15) is 5.48 Å². The molecule has 2 atom stereocenters. The lowest BCUT2D eigenvalue weighted by atomic mass is 9.99. The summed E-state index contributed by atoms with van der Waals surface area (Å²) in [7, 11) is 1.68. The quantitative estimate of drug-likeness (QED) is 0.737. The van der Waals surface area contributed by atoms with Crippen LogP contribution >= 0.6 is 0 Å². The average molecular weight is 299 g/mol. The van der Waals surface area contributed by atoms with Crippen LogP contribution in [0.2, 0.25) is 0 Å². The van der Waals surface area contributed by atoms with Crippen LogP contribution in [0.5, 0.6) is 5.75 Å². The molecule has 0 aromatic heterocycles. The van der Waals surface area contributed by atoms with Gasteiger partial charge in [-0.3, -0.25) is 4.84 Å². The van der Waals surface area contributed by atoms with Crippen LogP contribution in [0, 0.1) is 0 Å². The first-order valence-electron chi connectivity index (χ1n) is 7.82. The van der Waals surface area contributed by atoms with Crippen molar-refractivity contribution in [1.82, 2.24) is 5.48 Å². The Morgan fingerprint density at radius 2 is 1.68 bits per heavy atom. The number of hydrogen-bond donors (Lipinski definition) is 1. The van der Waals surface area contributed by atoms with E-state index < -0.39 is 0 Å². The largest absolute Gasteiger partial charge is 0.497 e. The molecular weight excluding hydrogens is 274 g/mol. The average Bonchev–Trinajstić information content (AvgIpc) is 2.59. The lowest BCUT2D eigenvalue weighted by molar-refractivity contribution is -0.0369. The lowest BCUT2D eigenvalue weighted by Crippen LogP contribution is -2.27. The van der Waals surface area contributed by atoms with Crippen molar-refractivity contribution in [2.45, 2.75) is 38.8 Å². The Morgan fingerprint density at radius 1 is 1.00 bits per heavy atom. The third-order valence-electron chi connectivity index (χ3n) is 3.79. The molecule has 0 spiro atoms. The monoisotopic (exact) mass is 299 g/mol. The Balaban J connectivity index is 2.09. The highest BCUT2D eigenvalue weighted by molar-refractivity contribution is 5.29. The van der Waals surface area contributed by atoms with Crippen LogP contribution in [-0.2, 0) is 11.3 Å². The molecule has 0 amide bonds. The maximum atomic E-state index is 5.75. The number of rotatable bonds is 8. The maximum Gasteiger partial charge on any atom is 0.118 e. The first-order chi connectivity index (χ1) is 10.7. The summed E-state index contributed by atoms with van der Waals surface area (Å²) >= 11 is 0. The van der Waals surface area contributed by atoms with Gasteiger partial charge in [-0.05, 0) is 43.0 Å². The van der Waals surface area contributed by atoms with E-state index in [0.717, 1.165) is 18.6 Å². The Hall–Kier alpha value is -1.84. The molecule has 0 saturated heterocycles. The second kappa shape index (κ2) is 8.57. The molecule has 0 aliphatic heterocycles. The number of hydroxylamine groups is 1. The highest BCUT2D eigenvalue weighted by Gasteiger charge is 2.13. The molecule has 2 rings (SSSR count). The predicted octanol–water partition coefficient (Wildman–Crippen LogP) is 4.30. The van der Waals surface area contributed by atoms with Crippen LogP contribution in [-0.4, -0.2) is 13.2 Å². The van der Waals surface area contributed by atoms with E-state index in [4.69, 9.17) is 9.57 Å². The van der Waals surface area contributed by atoms with Gasteiger partial charge in [0.1, 0.15) is 5.75 Å². The molecule has 2 aromatic carbocycles. The van der Waals surface area contributed by atoms with Gasteiger partial charge in [-0.15, -0.1) is 0 Å². The van der Waals surface area contributed by atoms with Crippen LogP contribution in [0.25, 0.3) is 0 Å². The molecule has 0 radical (unpaired) electrons. The maximum absolute atomic E-state index is 5.75. The molecular formula is C19H25NO2. The van der Waals surface area contributed by atoms with Crippen LogP contribution in [0.4, 0.5) is 0 Å². The zero-order chi connectivity index (χ0) is 15.8. The van der Waals surface area contributed by atoms with Gasteiger partial charge in [0, 0.05) is 0 Å². The summed E-state index contributed by atoms with van der Waals surface area (Å²) < 4.78 is 5.21. The Bertz CT molecular complexity index is 539. The summed E-state index contributed by atoms with van der Waals surface area (Å²) in [4.78, 5) is 5.75. The molecule has 0 saturated carbocycles. The molecule has 3 nitrogen and oxygen atoms in total. The van der Waals surface area contributed by atoms with Crippen LogP contribution in [0.15, 0.2) is 54.6 Å². The highest BCUT2D eigenvalue weighted by Crippen LogP contribution is 2.20. The molecule has 2 unspecified atom stereocenters. The molecule has 0 bridgehead atoms. The van der Waals surface area contributed by atoms with Crippen molar-refractivity contribution in [3.63, 3.8) is 0 Å². The van der Waals surface area contributed by atoms with E-state index in [-0.39, 0.29) is 12.1 Å². The number of hydrogen-bond acceptors (Lipinski definition) is 3. The fraction of sp³-hybridized carbons (Fsp3) is 0.368. The first kappa shape index (κ1) is 16.5. The fourth-order valence-corrected chi connectivity index (χ4v) is 2.19. The van der Waals surface area contributed by atoms with E-state index in [1.165, 1.54) is 11.1 Å². The lowest BCUT2D eigenvalue weighted by Gasteiger charge is -2.21. The van der Waals surface area contributed by atoms with E-state index in [9.17, 15) is 0 Å². The summed E-state index contributed by atoms with van der Waals surface area (Å²) in [5, 5.41) is 0. The topological polar surface area (TPSA) is 30.5 Å². The van der Waals surface area contributed by atoms with Gasteiger partial charge in [0.15, 0.2) is 0 Å². The van der Waals surface area contributed by atoms with Gasteiger partial charge in [-0.25, -0.2) is 0 Å². The number of nitrogens with one attached hydrogen (secondary N) is 1. The van der Waals surface area contributed by atoms with Crippen molar-refractivity contribution < 1.29 is 9.57 Å². The normalized spacial score (nSPS) is 13.6. The first-order valence-corrected chi connectivity index (χ1v) is 7.82. The van der Waals surface area contributed by atoms with Crippen LogP contribution < -0.4 is 10.2 Å². The van der Waals surface area contributed by atoms with Gasteiger partial charge < -0.3 is 4.74 Å². The van der Waals surface area contributed by atoms with E-state index in [1.807, 2.05) is 18.2 Å². The molecule has 1 N–H and O–H groups in total. The van der Waals surface area contributed by atoms with Crippen molar-refractivity contribution in [2.24, 2.45) is 0 Å². The molecule has 22 heavy (non-hydrogen) atoms. The molecule has 3 heteroatoms. The summed E-state index contributed by atoms with van der Waals surface area (Å²) in [6, 6.07) is 18.7. The van der Waals surface area contributed by atoms with E-state index in [0.29, 0.717) is 0 Å². The van der Waals surface area contributed by atoms with Gasteiger partial charge in [0.25, 0.3) is 0 Å². The Morgan fingerprint density at radius 3 is 2.27 bits per heavy atom. The molecule has 2 aromatic rings. The summed E-state index contributed by atoms with van der Waals surface area (Å²) in [5.74, 6) is 0.879. The summed E-state index contributed by atoms with van der Waals surface area (Å²) in [5.41, 5.74) is 5.70. The van der Waals surface area contributed by atoms with Crippen molar-refractivity contribution in [3.8, 4) is 5.75 Å². The minimum Gasteiger partial charge on any atom is -0.497 e. The zero-order valence-corrected chi connectivity index (χ0v) is 13.6. The standard InChI is InChI=1S/C19H25NO2/c1-4-15(2)22-20-19(17-8-6-5-7-9-17)14-16-10-12-18(21-3)13-11-16/h5-13,15,19-20H,4,14H2,1-3H3. The van der Waals surface area contributed by atoms with Crippen molar-refractivity contribution in [1.29, 1.82) is 0 Å². The second-order valence-corrected chi connectivity index (χ2v) is 5.47. The van der Waals surface area contributed by atoms with Crippen molar-refractivity contribution in [3.05, 3.63) is 65.7 Å². The third kappa shape index (κ3) is 4.86. The van der Waals surface area contributed by atoms with Crippen LogP contribution in [0.1, 0.15) is 37.4 Å². The highest BCUT2D eigenvalue weighted by atomic mass is 16.7. The second-order valence-electron chi connectivity index (χ2n) is 5.47. The minimum atomic E-state index is 0.128. The molecule has 0 fully saturated rings. The van der Waals surface area contributed by atoms with Gasteiger partial charge in [0.2, 0.25) is 0 Å². The number of ether oxygens (including phenoxy) is 1. The van der Waals surface area contributed by atoms with Gasteiger partial charge in [-0.1, -0.05) is 49.4 Å². The van der Waals surface area contributed by atoms with E-state index in [1.54, 1.807) is 7.11 Å². The molecule has 0 heterocycles. The van der Waals surface area contributed by atoms with Crippen LogP contribution in [0.3, 0.4) is 0 Å². The predicted molar refractivity (Wildman–Crippen MR) is 89.9 cm³/mol. The van der Waals surface area contributed by atoms with Gasteiger partial charge in [0.05, 0.1) is 19.3 Å². The molecule has 0 aliphatic rings. The third-order valence-corrected chi connectivity index (χ3v) is 3.79. The summed E-state index contributed by atoms with van der Waals surface area (Å²) in [6.07, 6.45) is 2.05. The van der Waals surface area contributed by atoms with Gasteiger partial charge >= 0.3 is 0 Å². The van der Waals surface area contributed by atoms with Crippen molar-refractivity contribution >= 4 is 0 Å². The number of methoxy groups -OCH3 is 1.